The molecule has 1 N–H and O–H groups in total. The quantitative estimate of drug-likeness (QED) is 0.894. The maximum Gasteiger partial charge on any atom is 0.165 e. The highest BCUT2D eigenvalue weighted by atomic mass is 35.5. The van der Waals surface area contributed by atoms with Gasteiger partial charge in [-0.15, -0.1) is 0 Å². The summed E-state index contributed by atoms with van der Waals surface area (Å²) < 4.78 is 16.0. The molecule has 6 heteroatoms. The van der Waals surface area contributed by atoms with Gasteiger partial charge in [0.05, 0.1) is 39.6 Å². The van der Waals surface area contributed by atoms with Crippen LogP contribution in [0, 0.1) is 0 Å². The van der Waals surface area contributed by atoms with Crippen LogP contribution in [-0.2, 0) is 11.3 Å². The second-order valence-electron chi connectivity index (χ2n) is 4.89. The molecular formula is C14H20ClNO4. The van der Waals surface area contributed by atoms with Crippen LogP contribution in [0.5, 0.6) is 11.5 Å². The number of aliphatic hydroxyl groups is 1. The molecule has 1 aliphatic heterocycles. The minimum absolute atomic E-state index is 0.0234. The van der Waals surface area contributed by atoms with Crippen molar-refractivity contribution in [2.45, 2.75) is 18.7 Å². The van der Waals surface area contributed by atoms with E-state index in [2.05, 4.69) is 0 Å². The summed E-state index contributed by atoms with van der Waals surface area (Å²) in [5.41, 5.74) is 0.915. The zero-order valence-electron chi connectivity index (χ0n) is 11.9. The van der Waals surface area contributed by atoms with Crippen molar-refractivity contribution in [3.8, 4) is 11.5 Å². The van der Waals surface area contributed by atoms with Crippen LogP contribution in [-0.4, -0.2) is 56.6 Å². The van der Waals surface area contributed by atoms with E-state index in [0.29, 0.717) is 36.3 Å². The van der Waals surface area contributed by atoms with E-state index in [9.17, 15) is 5.11 Å². The third-order valence-corrected chi connectivity index (χ3v) is 3.75. The van der Waals surface area contributed by atoms with Gasteiger partial charge in [0, 0.05) is 23.2 Å². The lowest BCUT2D eigenvalue weighted by atomic mass is 10.1. The molecule has 1 saturated heterocycles. The van der Waals surface area contributed by atoms with Gasteiger partial charge in [0.25, 0.3) is 0 Å². The molecule has 0 amide bonds. The zero-order valence-corrected chi connectivity index (χ0v) is 12.7. The first-order valence-corrected chi connectivity index (χ1v) is 6.81. The fourth-order valence-corrected chi connectivity index (χ4v) is 2.69. The number of hydrogen-bond acceptors (Lipinski definition) is 5. The number of benzene rings is 1. The number of rotatable bonds is 5. The third kappa shape index (κ3) is 3.17. The molecule has 0 unspecified atom stereocenters. The van der Waals surface area contributed by atoms with E-state index in [-0.39, 0.29) is 6.04 Å². The minimum atomic E-state index is -0.466. The lowest BCUT2D eigenvalue weighted by Gasteiger charge is -2.26. The van der Waals surface area contributed by atoms with Gasteiger partial charge >= 0.3 is 0 Å². The van der Waals surface area contributed by atoms with Crippen molar-refractivity contribution >= 4 is 11.6 Å². The van der Waals surface area contributed by atoms with Gasteiger partial charge in [-0.2, -0.15) is 0 Å². The SMILES string of the molecule is COc1cc(Cl)cc(CN(C)[C@H]2COC[C@@H]2O)c1OC. The Morgan fingerprint density at radius 1 is 1.35 bits per heavy atom. The molecule has 1 aromatic rings. The molecule has 2 atom stereocenters. The Morgan fingerprint density at radius 2 is 2.10 bits per heavy atom. The van der Waals surface area contributed by atoms with Crippen molar-refractivity contribution in [1.82, 2.24) is 4.90 Å². The van der Waals surface area contributed by atoms with Crippen LogP contribution in [0.3, 0.4) is 0 Å². The summed E-state index contributed by atoms with van der Waals surface area (Å²) >= 11 is 6.10. The molecule has 112 valence electrons. The van der Waals surface area contributed by atoms with Gasteiger partial charge in [-0.25, -0.2) is 0 Å². The van der Waals surface area contributed by atoms with Crippen molar-refractivity contribution in [3.05, 3.63) is 22.7 Å². The molecule has 20 heavy (non-hydrogen) atoms. The predicted molar refractivity (Wildman–Crippen MR) is 76.6 cm³/mol. The molecule has 1 fully saturated rings. The average Bonchev–Trinajstić information content (AvgIpc) is 2.84. The van der Waals surface area contributed by atoms with Crippen LogP contribution in [0.15, 0.2) is 12.1 Å². The minimum Gasteiger partial charge on any atom is -0.493 e. The normalized spacial score (nSPS) is 22.3. The zero-order chi connectivity index (χ0) is 14.7. The molecule has 1 aliphatic rings. The lowest BCUT2D eigenvalue weighted by molar-refractivity contribution is 0.0921. The standard InChI is InChI=1S/C14H20ClNO4/c1-16(11-7-20-8-12(11)17)6-9-4-10(15)5-13(18-2)14(9)19-3/h4-5,11-12,17H,6-8H2,1-3H3/t11-,12-/m0/s1. The monoisotopic (exact) mass is 301 g/mol. The van der Waals surface area contributed by atoms with Crippen LogP contribution in [0.25, 0.3) is 0 Å². The molecule has 0 bridgehead atoms. The first kappa shape index (κ1) is 15.4. The van der Waals surface area contributed by atoms with Crippen molar-refractivity contribution in [2.75, 3.05) is 34.5 Å². The summed E-state index contributed by atoms with van der Waals surface area (Å²) in [5, 5.41) is 10.5. The summed E-state index contributed by atoms with van der Waals surface area (Å²) in [6.45, 7) is 1.49. The van der Waals surface area contributed by atoms with Gasteiger partial charge < -0.3 is 19.3 Å². The fourth-order valence-electron chi connectivity index (χ4n) is 2.46. The first-order valence-electron chi connectivity index (χ1n) is 6.43. The van der Waals surface area contributed by atoms with Gasteiger partial charge in [-0.3, -0.25) is 4.90 Å². The van der Waals surface area contributed by atoms with Gasteiger partial charge in [0.2, 0.25) is 0 Å². The second-order valence-corrected chi connectivity index (χ2v) is 5.32. The van der Waals surface area contributed by atoms with Crippen LogP contribution < -0.4 is 9.47 Å². The summed E-state index contributed by atoms with van der Waals surface area (Å²) in [4.78, 5) is 2.03. The number of ether oxygens (including phenoxy) is 3. The van der Waals surface area contributed by atoms with E-state index in [1.165, 1.54) is 0 Å². The van der Waals surface area contributed by atoms with Gasteiger partial charge in [0.15, 0.2) is 11.5 Å². The van der Waals surface area contributed by atoms with Gasteiger partial charge in [0.1, 0.15) is 0 Å². The number of methoxy groups -OCH3 is 2. The largest absolute Gasteiger partial charge is 0.493 e. The number of aliphatic hydroxyl groups excluding tert-OH is 1. The molecule has 2 rings (SSSR count). The number of hydrogen-bond donors (Lipinski definition) is 1. The predicted octanol–water partition coefficient (Wildman–Crippen LogP) is 1.55. The molecule has 0 spiro atoms. The molecule has 1 aromatic carbocycles. The molecule has 1 heterocycles. The van der Waals surface area contributed by atoms with Crippen molar-refractivity contribution in [1.29, 1.82) is 0 Å². The van der Waals surface area contributed by atoms with Crippen LogP contribution in [0.2, 0.25) is 5.02 Å². The lowest BCUT2D eigenvalue weighted by Crippen LogP contribution is -2.40. The Kier molecular flexibility index (Phi) is 5.10. The topological polar surface area (TPSA) is 51.2 Å². The van der Waals surface area contributed by atoms with E-state index in [1.807, 2.05) is 18.0 Å². The van der Waals surface area contributed by atoms with Crippen molar-refractivity contribution < 1.29 is 19.3 Å². The van der Waals surface area contributed by atoms with E-state index in [1.54, 1.807) is 20.3 Å². The maximum atomic E-state index is 9.87. The van der Waals surface area contributed by atoms with Crippen LogP contribution in [0.4, 0.5) is 0 Å². The molecule has 0 aliphatic carbocycles. The second kappa shape index (κ2) is 6.63. The number of nitrogens with zero attached hydrogens (tertiary/aromatic N) is 1. The Morgan fingerprint density at radius 3 is 2.65 bits per heavy atom. The third-order valence-electron chi connectivity index (χ3n) is 3.53. The van der Waals surface area contributed by atoms with E-state index in [4.69, 9.17) is 25.8 Å². The first-order chi connectivity index (χ1) is 9.56. The van der Waals surface area contributed by atoms with Gasteiger partial charge in [-0.1, -0.05) is 11.6 Å². The van der Waals surface area contributed by atoms with E-state index >= 15 is 0 Å². The molecular weight excluding hydrogens is 282 g/mol. The summed E-state index contributed by atoms with van der Waals surface area (Å²) in [7, 11) is 5.12. The molecule has 0 saturated carbocycles. The van der Waals surface area contributed by atoms with Crippen molar-refractivity contribution in [3.63, 3.8) is 0 Å². The van der Waals surface area contributed by atoms with Crippen molar-refractivity contribution in [2.24, 2.45) is 0 Å². The highest BCUT2D eigenvalue weighted by molar-refractivity contribution is 6.30. The summed E-state index contributed by atoms with van der Waals surface area (Å²) in [6, 6.07) is 3.55. The smallest absolute Gasteiger partial charge is 0.165 e. The van der Waals surface area contributed by atoms with Gasteiger partial charge in [-0.05, 0) is 13.1 Å². The Balaban J connectivity index is 2.21. The maximum absolute atomic E-state index is 9.87. The van der Waals surface area contributed by atoms with Crippen LogP contribution >= 0.6 is 11.6 Å². The molecule has 0 aromatic heterocycles. The fraction of sp³-hybridized carbons (Fsp3) is 0.571. The summed E-state index contributed by atoms with van der Waals surface area (Å²) in [6.07, 6.45) is -0.466. The molecule has 0 radical (unpaired) electrons. The number of likely N-dealkylation sites (N-methyl/N-ethyl adjacent to an activating group) is 1. The Bertz CT molecular complexity index is 469. The number of halogens is 1. The van der Waals surface area contributed by atoms with Crippen LogP contribution in [0.1, 0.15) is 5.56 Å². The molecule has 5 nitrogen and oxygen atoms in total. The highest BCUT2D eigenvalue weighted by Gasteiger charge is 2.30. The Hall–Kier alpha value is -1.01. The van der Waals surface area contributed by atoms with E-state index in [0.717, 1.165) is 5.56 Å². The van der Waals surface area contributed by atoms with E-state index < -0.39 is 6.10 Å². The summed E-state index contributed by atoms with van der Waals surface area (Å²) in [5.74, 6) is 1.27. The Labute approximate surface area is 124 Å². The highest BCUT2D eigenvalue weighted by Crippen LogP contribution is 2.35. The average molecular weight is 302 g/mol.